The third-order valence-corrected chi connectivity index (χ3v) is 4.74. The van der Waals surface area contributed by atoms with Crippen LogP contribution in [0.2, 0.25) is 0 Å². The molecule has 2 aliphatic rings. The molecule has 20 heavy (non-hydrogen) atoms. The normalized spacial score (nSPS) is 21.9. The molecule has 110 valence electrons. The second kappa shape index (κ2) is 5.20. The van der Waals surface area contributed by atoms with E-state index in [0.29, 0.717) is 11.4 Å². The van der Waals surface area contributed by atoms with Gasteiger partial charge in [-0.25, -0.2) is 4.98 Å². The lowest BCUT2D eigenvalue weighted by Crippen LogP contribution is -2.41. The Hall–Kier alpha value is -1.36. The molecule has 2 aliphatic heterocycles. The van der Waals surface area contributed by atoms with Gasteiger partial charge >= 0.3 is 0 Å². The molecule has 0 atom stereocenters. The van der Waals surface area contributed by atoms with Crippen LogP contribution in [0.3, 0.4) is 0 Å². The second-order valence-corrected chi connectivity index (χ2v) is 6.44. The highest BCUT2D eigenvalue weighted by molar-refractivity contribution is 5.31. The van der Waals surface area contributed by atoms with Crippen molar-refractivity contribution in [3.8, 4) is 0 Å². The van der Waals surface area contributed by atoms with Crippen LogP contribution in [0.4, 0.5) is 5.95 Å². The summed E-state index contributed by atoms with van der Waals surface area (Å²) in [6, 6.07) is 0. The van der Waals surface area contributed by atoms with Crippen molar-refractivity contribution >= 4 is 5.95 Å². The molecule has 5 heteroatoms. The number of hydrogen-bond acceptors (Lipinski definition) is 4. The van der Waals surface area contributed by atoms with Crippen molar-refractivity contribution in [3.63, 3.8) is 0 Å². The fourth-order valence-corrected chi connectivity index (χ4v) is 3.20. The van der Waals surface area contributed by atoms with Gasteiger partial charge in [-0.15, -0.1) is 0 Å². The average molecular weight is 277 g/mol. The first-order valence-corrected chi connectivity index (χ1v) is 7.52. The van der Waals surface area contributed by atoms with Crippen molar-refractivity contribution in [2.45, 2.75) is 39.0 Å². The lowest BCUT2D eigenvalue weighted by molar-refractivity contribution is 0.133. The third kappa shape index (κ3) is 2.46. The fourth-order valence-electron chi connectivity index (χ4n) is 3.20. The molecule has 1 aromatic rings. The number of anilines is 1. The van der Waals surface area contributed by atoms with Gasteiger partial charge < -0.3 is 9.64 Å². The molecule has 1 aromatic heterocycles. The Kier molecular flexibility index (Phi) is 3.54. The van der Waals surface area contributed by atoms with E-state index in [-0.39, 0.29) is 11.5 Å². The minimum absolute atomic E-state index is 0.00511. The molecule has 5 nitrogen and oxygen atoms in total. The summed E-state index contributed by atoms with van der Waals surface area (Å²) in [5.74, 6) is 0.925. The molecule has 0 radical (unpaired) electrons. The zero-order chi connectivity index (χ0) is 14.2. The van der Waals surface area contributed by atoms with Crippen LogP contribution in [-0.4, -0.2) is 36.3 Å². The number of H-pyrrole nitrogens is 1. The first-order valence-electron chi connectivity index (χ1n) is 7.52. The first kappa shape index (κ1) is 13.6. The van der Waals surface area contributed by atoms with Gasteiger partial charge in [-0.3, -0.25) is 9.78 Å². The predicted molar refractivity (Wildman–Crippen MR) is 78.3 cm³/mol. The van der Waals surface area contributed by atoms with Crippen LogP contribution in [0.5, 0.6) is 0 Å². The number of piperidine rings is 1. The summed E-state index contributed by atoms with van der Waals surface area (Å²) in [6.07, 6.45) is 5.16. The van der Waals surface area contributed by atoms with Crippen LogP contribution in [0.15, 0.2) is 11.0 Å². The van der Waals surface area contributed by atoms with E-state index in [0.717, 1.165) is 44.7 Å². The Bertz CT molecular complexity index is 522. The molecular formula is C15H23N3O2. The van der Waals surface area contributed by atoms with Crippen molar-refractivity contribution in [1.29, 1.82) is 0 Å². The summed E-state index contributed by atoms with van der Waals surface area (Å²) in [5.41, 5.74) is 1.13. The van der Waals surface area contributed by atoms with E-state index in [1.807, 2.05) is 13.8 Å². The zero-order valence-corrected chi connectivity index (χ0v) is 12.3. The lowest BCUT2D eigenvalue weighted by atomic mass is 9.78. The van der Waals surface area contributed by atoms with Crippen LogP contribution in [0.1, 0.15) is 44.6 Å². The number of rotatable bonds is 2. The monoisotopic (exact) mass is 277 g/mol. The molecule has 0 amide bonds. The Morgan fingerprint density at radius 3 is 2.65 bits per heavy atom. The Labute approximate surface area is 119 Å². The minimum atomic E-state index is -0.00511. The van der Waals surface area contributed by atoms with E-state index in [4.69, 9.17) is 4.74 Å². The topological polar surface area (TPSA) is 58.2 Å². The van der Waals surface area contributed by atoms with Crippen molar-refractivity contribution in [1.82, 2.24) is 9.97 Å². The third-order valence-electron chi connectivity index (χ3n) is 4.74. The highest BCUT2D eigenvalue weighted by Gasteiger charge is 2.38. The van der Waals surface area contributed by atoms with Crippen LogP contribution < -0.4 is 10.5 Å². The van der Waals surface area contributed by atoms with Gasteiger partial charge in [0.1, 0.15) is 0 Å². The van der Waals surface area contributed by atoms with Gasteiger partial charge in [-0.05, 0) is 30.6 Å². The first-order chi connectivity index (χ1) is 9.60. The van der Waals surface area contributed by atoms with E-state index in [1.54, 1.807) is 6.20 Å². The van der Waals surface area contributed by atoms with Crippen LogP contribution in [0, 0.1) is 5.41 Å². The summed E-state index contributed by atoms with van der Waals surface area (Å²) in [4.78, 5) is 21.6. The Morgan fingerprint density at radius 2 is 2.10 bits per heavy atom. The van der Waals surface area contributed by atoms with Gasteiger partial charge in [0, 0.05) is 31.5 Å². The van der Waals surface area contributed by atoms with Crippen molar-refractivity contribution in [2.24, 2.45) is 5.41 Å². The molecule has 1 spiro atoms. The Balaban J connectivity index is 1.72. The molecule has 0 aromatic carbocycles. The van der Waals surface area contributed by atoms with E-state index >= 15 is 0 Å². The van der Waals surface area contributed by atoms with Crippen LogP contribution >= 0.6 is 0 Å². The number of hydrogen-bond donors (Lipinski definition) is 1. The van der Waals surface area contributed by atoms with Gasteiger partial charge in [-0.2, -0.15) is 0 Å². The van der Waals surface area contributed by atoms with Gasteiger partial charge in [0.25, 0.3) is 5.56 Å². The average Bonchev–Trinajstić information content (AvgIpc) is 2.87. The Morgan fingerprint density at radius 1 is 1.35 bits per heavy atom. The van der Waals surface area contributed by atoms with Gasteiger partial charge in [0.05, 0.1) is 6.61 Å². The zero-order valence-electron chi connectivity index (χ0n) is 12.3. The highest BCUT2D eigenvalue weighted by Crippen LogP contribution is 2.39. The molecular weight excluding hydrogens is 254 g/mol. The summed E-state index contributed by atoms with van der Waals surface area (Å²) in [7, 11) is 0. The molecule has 0 bridgehead atoms. The molecule has 3 heterocycles. The number of aromatic amines is 1. The van der Waals surface area contributed by atoms with Gasteiger partial charge in [0.2, 0.25) is 5.95 Å². The van der Waals surface area contributed by atoms with E-state index < -0.39 is 0 Å². The number of aromatic nitrogens is 2. The molecule has 3 rings (SSSR count). The van der Waals surface area contributed by atoms with E-state index in [1.165, 1.54) is 6.42 Å². The summed E-state index contributed by atoms with van der Waals surface area (Å²) in [6.45, 7) is 7.73. The number of ether oxygens (including phenoxy) is 1. The minimum Gasteiger partial charge on any atom is -0.381 e. The van der Waals surface area contributed by atoms with E-state index in [2.05, 4.69) is 14.9 Å². The van der Waals surface area contributed by atoms with Crippen molar-refractivity contribution in [3.05, 3.63) is 22.1 Å². The quantitative estimate of drug-likeness (QED) is 0.897. The smallest absolute Gasteiger partial charge is 0.255 e. The number of nitrogens with zero attached hydrogens (tertiary/aromatic N) is 2. The predicted octanol–water partition coefficient (Wildman–Crippen LogP) is 1.90. The van der Waals surface area contributed by atoms with Gasteiger partial charge in [0.15, 0.2) is 0 Å². The van der Waals surface area contributed by atoms with E-state index in [9.17, 15) is 4.79 Å². The summed E-state index contributed by atoms with van der Waals surface area (Å²) in [5, 5.41) is 0. The van der Waals surface area contributed by atoms with Crippen LogP contribution in [-0.2, 0) is 4.74 Å². The standard InChI is InChI=1S/C15H23N3O2/c1-11(2)12-9-16-14(17-13(12)19)18-6-3-15(4-7-18)5-8-20-10-15/h9,11H,3-8,10H2,1-2H3,(H,16,17,19). The van der Waals surface area contributed by atoms with Crippen molar-refractivity contribution in [2.75, 3.05) is 31.2 Å². The summed E-state index contributed by atoms with van der Waals surface area (Å²) < 4.78 is 5.55. The molecule has 0 unspecified atom stereocenters. The lowest BCUT2D eigenvalue weighted by Gasteiger charge is -2.38. The highest BCUT2D eigenvalue weighted by atomic mass is 16.5. The maximum Gasteiger partial charge on any atom is 0.255 e. The largest absolute Gasteiger partial charge is 0.381 e. The van der Waals surface area contributed by atoms with Crippen molar-refractivity contribution < 1.29 is 4.74 Å². The maximum absolute atomic E-state index is 12.0. The number of nitrogens with one attached hydrogen (secondary N) is 1. The molecule has 0 aliphatic carbocycles. The fraction of sp³-hybridized carbons (Fsp3) is 0.733. The molecule has 2 saturated heterocycles. The van der Waals surface area contributed by atoms with Gasteiger partial charge in [-0.1, -0.05) is 13.8 Å². The maximum atomic E-state index is 12.0. The second-order valence-electron chi connectivity index (χ2n) is 6.44. The molecule has 1 N–H and O–H groups in total. The molecule has 2 fully saturated rings. The van der Waals surface area contributed by atoms with Crippen LogP contribution in [0.25, 0.3) is 0 Å². The summed E-state index contributed by atoms with van der Waals surface area (Å²) >= 11 is 0. The SMILES string of the molecule is CC(C)c1cnc(N2CCC3(CCOC3)CC2)[nH]c1=O. The molecule has 0 saturated carbocycles.